The number of aryl methyl sites for hydroxylation is 1. The Labute approximate surface area is 119 Å². The fourth-order valence-electron chi connectivity index (χ4n) is 3.39. The Bertz CT molecular complexity index is 602. The number of nitrogens with two attached hydrogens (primary N) is 1. The number of hydrogen-bond donors (Lipinski definition) is 1. The van der Waals surface area contributed by atoms with E-state index < -0.39 is 0 Å². The van der Waals surface area contributed by atoms with Gasteiger partial charge < -0.3 is 5.73 Å². The van der Waals surface area contributed by atoms with E-state index in [4.69, 9.17) is 5.73 Å². The highest BCUT2D eigenvalue weighted by Gasteiger charge is 2.44. The van der Waals surface area contributed by atoms with E-state index in [2.05, 4.69) is 24.3 Å². The lowest BCUT2D eigenvalue weighted by Crippen LogP contribution is -2.44. The maximum Gasteiger partial charge on any atom is 0.123 e. The second-order valence-corrected chi connectivity index (χ2v) is 5.85. The molecule has 0 aliphatic heterocycles. The van der Waals surface area contributed by atoms with E-state index in [-0.39, 0.29) is 17.3 Å². The Kier molecular flexibility index (Phi) is 3.35. The van der Waals surface area contributed by atoms with Crippen molar-refractivity contribution >= 4 is 0 Å². The number of benzene rings is 2. The van der Waals surface area contributed by atoms with Gasteiger partial charge in [0.15, 0.2) is 0 Å². The van der Waals surface area contributed by atoms with E-state index in [1.165, 1.54) is 18.1 Å². The summed E-state index contributed by atoms with van der Waals surface area (Å²) in [5.41, 5.74) is 9.93. The summed E-state index contributed by atoms with van der Waals surface area (Å²) in [5, 5.41) is 0. The molecular formula is C18H20FN. The van der Waals surface area contributed by atoms with Crippen molar-refractivity contribution in [3.63, 3.8) is 0 Å². The average Bonchev–Trinajstić information content (AvgIpc) is 2.38. The zero-order valence-corrected chi connectivity index (χ0v) is 11.8. The molecule has 1 unspecified atom stereocenters. The molecule has 3 rings (SSSR count). The van der Waals surface area contributed by atoms with Crippen molar-refractivity contribution in [3.8, 4) is 0 Å². The van der Waals surface area contributed by atoms with Crippen molar-refractivity contribution in [2.75, 3.05) is 0 Å². The molecule has 1 fully saturated rings. The number of hydrogen-bond acceptors (Lipinski definition) is 1. The van der Waals surface area contributed by atoms with E-state index in [0.29, 0.717) is 0 Å². The number of halogens is 1. The fraction of sp³-hybridized carbons (Fsp3) is 0.333. The van der Waals surface area contributed by atoms with Crippen molar-refractivity contribution in [1.29, 1.82) is 0 Å². The Balaban J connectivity index is 2.01. The third-order valence-corrected chi connectivity index (χ3v) is 4.76. The molecule has 1 atom stereocenters. The molecule has 2 N–H and O–H groups in total. The first-order chi connectivity index (χ1) is 9.63. The minimum absolute atomic E-state index is 0.0177. The van der Waals surface area contributed by atoms with Gasteiger partial charge in [0.1, 0.15) is 5.82 Å². The van der Waals surface area contributed by atoms with Crippen LogP contribution >= 0.6 is 0 Å². The minimum atomic E-state index is -0.194. The van der Waals surface area contributed by atoms with Crippen LogP contribution in [0.25, 0.3) is 0 Å². The van der Waals surface area contributed by atoms with Gasteiger partial charge in [-0.25, -0.2) is 4.39 Å². The Morgan fingerprint density at radius 1 is 1.10 bits per heavy atom. The average molecular weight is 269 g/mol. The van der Waals surface area contributed by atoms with Crippen molar-refractivity contribution < 1.29 is 4.39 Å². The predicted octanol–water partition coefficient (Wildman–Crippen LogP) is 4.26. The van der Waals surface area contributed by atoms with Gasteiger partial charge in [0.05, 0.1) is 0 Å². The van der Waals surface area contributed by atoms with Crippen molar-refractivity contribution in [1.82, 2.24) is 0 Å². The first-order valence-electron chi connectivity index (χ1n) is 7.21. The van der Waals surface area contributed by atoms with E-state index in [1.807, 2.05) is 19.1 Å². The zero-order chi connectivity index (χ0) is 14.2. The Morgan fingerprint density at radius 2 is 1.80 bits per heavy atom. The maximum absolute atomic E-state index is 13.3. The lowest BCUT2D eigenvalue weighted by molar-refractivity contribution is 0.196. The molecule has 1 aliphatic carbocycles. The highest BCUT2D eigenvalue weighted by molar-refractivity contribution is 5.38. The van der Waals surface area contributed by atoms with Gasteiger partial charge in [-0.3, -0.25) is 0 Å². The quantitative estimate of drug-likeness (QED) is 0.885. The molecule has 104 valence electrons. The second-order valence-electron chi connectivity index (χ2n) is 5.85. The molecule has 0 aromatic heterocycles. The van der Waals surface area contributed by atoms with Crippen LogP contribution in [0.15, 0.2) is 48.5 Å². The van der Waals surface area contributed by atoms with Crippen LogP contribution in [0.1, 0.15) is 42.0 Å². The van der Waals surface area contributed by atoms with Crippen LogP contribution in [-0.4, -0.2) is 0 Å². The van der Waals surface area contributed by atoms with Crippen LogP contribution < -0.4 is 5.73 Å². The zero-order valence-electron chi connectivity index (χ0n) is 11.8. The van der Waals surface area contributed by atoms with E-state index in [1.54, 1.807) is 6.07 Å². The summed E-state index contributed by atoms with van der Waals surface area (Å²) in [6.07, 6.45) is 3.42. The normalized spacial score (nSPS) is 18.4. The van der Waals surface area contributed by atoms with Gasteiger partial charge in [-0.1, -0.05) is 42.8 Å². The van der Waals surface area contributed by atoms with Crippen molar-refractivity contribution in [2.45, 2.75) is 37.6 Å². The first kappa shape index (κ1) is 13.3. The molecule has 1 nitrogen and oxygen atoms in total. The van der Waals surface area contributed by atoms with Crippen LogP contribution in [0, 0.1) is 12.7 Å². The molecule has 0 radical (unpaired) electrons. The van der Waals surface area contributed by atoms with Crippen LogP contribution in [0.2, 0.25) is 0 Å². The van der Waals surface area contributed by atoms with Crippen LogP contribution in [0.3, 0.4) is 0 Å². The molecule has 0 amide bonds. The topological polar surface area (TPSA) is 26.0 Å². The minimum Gasteiger partial charge on any atom is -0.323 e. The lowest BCUT2D eigenvalue weighted by Gasteiger charge is -2.47. The Hall–Kier alpha value is -1.67. The van der Waals surface area contributed by atoms with E-state index in [9.17, 15) is 4.39 Å². The second kappa shape index (κ2) is 5.02. The largest absolute Gasteiger partial charge is 0.323 e. The van der Waals surface area contributed by atoms with E-state index >= 15 is 0 Å². The molecule has 1 saturated carbocycles. The van der Waals surface area contributed by atoms with Gasteiger partial charge in [0, 0.05) is 11.5 Å². The SMILES string of the molecule is Cc1cc(F)ccc1C(N)C1(c2ccccc2)CCC1. The monoisotopic (exact) mass is 269 g/mol. The van der Waals surface area contributed by atoms with Gasteiger partial charge in [0.25, 0.3) is 0 Å². The molecule has 2 heteroatoms. The molecule has 0 spiro atoms. The summed E-state index contributed by atoms with van der Waals surface area (Å²) in [5.74, 6) is -0.194. The summed E-state index contributed by atoms with van der Waals surface area (Å²) in [6, 6.07) is 15.4. The molecule has 0 heterocycles. The molecule has 20 heavy (non-hydrogen) atoms. The molecule has 0 bridgehead atoms. The number of rotatable bonds is 3. The summed E-state index contributed by atoms with van der Waals surface area (Å²) >= 11 is 0. The Morgan fingerprint density at radius 3 is 2.35 bits per heavy atom. The molecule has 2 aromatic carbocycles. The highest BCUT2D eigenvalue weighted by atomic mass is 19.1. The molecular weight excluding hydrogens is 249 g/mol. The van der Waals surface area contributed by atoms with Gasteiger partial charge in [-0.05, 0) is 48.6 Å². The molecule has 1 aliphatic rings. The molecule has 0 saturated heterocycles. The fourth-order valence-corrected chi connectivity index (χ4v) is 3.39. The summed E-state index contributed by atoms with van der Waals surface area (Å²) in [7, 11) is 0. The van der Waals surface area contributed by atoms with E-state index in [0.717, 1.165) is 24.0 Å². The highest BCUT2D eigenvalue weighted by Crippen LogP contribution is 2.51. The van der Waals surface area contributed by atoms with Gasteiger partial charge in [-0.2, -0.15) is 0 Å². The predicted molar refractivity (Wildman–Crippen MR) is 80.0 cm³/mol. The summed E-state index contributed by atoms with van der Waals surface area (Å²) in [4.78, 5) is 0. The van der Waals surface area contributed by atoms with Crippen LogP contribution in [0.4, 0.5) is 4.39 Å². The van der Waals surface area contributed by atoms with Gasteiger partial charge in [0.2, 0.25) is 0 Å². The maximum atomic E-state index is 13.3. The molecule has 2 aromatic rings. The first-order valence-corrected chi connectivity index (χ1v) is 7.21. The smallest absolute Gasteiger partial charge is 0.123 e. The third kappa shape index (κ3) is 2.04. The summed E-state index contributed by atoms with van der Waals surface area (Å²) < 4.78 is 13.3. The van der Waals surface area contributed by atoms with Crippen molar-refractivity contribution in [2.24, 2.45) is 5.73 Å². The summed E-state index contributed by atoms with van der Waals surface area (Å²) in [6.45, 7) is 1.94. The van der Waals surface area contributed by atoms with Crippen LogP contribution in [-0.2, 0) is 5.41 Å². The standard InChI is InChI=1S/C18H20FN/c1-13-12-15(19)8-9-16(13)17(20)18(10-5-11-18)14-6-3-2-4-7-14/h2-4,6-9,12,17H,5,10-11,20H2,1H3. The van der Waals surface area contributed by atoms with Crippen LogP contribution in [0.5, 0.6) is 0 Å². The lowest BCUT2D eigenvalue weighted by atomic mass is 9.59. The third-order valence-electron chi connectivity index (χ3n) is 4.76. The van der Waals surface area contributed by atoms with Gasteiger partial charge >= 0.3 is 0 Å². The van der Waals surface area contributed by atoms with Gasteiger partial charge in [-0.15, -0.1) is 0 Å². The van der Waals surface area contributed by atoms with Crippen molar-refractivity contribution in [3.05, 3.63) is 71.0 Å².